The molecular formula is C14H16N6S. The number of aromatic nitrogens is 5. The summed E-state index contributed by atoms with van der Waals surface area (Å²) in [6.07, 6.45) is 0. The number of para-hydroxylation sites is 1. The molecule has 0 atom stereocenters. The van der Waals surface area contributed by atoms with Crippen LogP contribution in [0.1, 0.15) is 5.69 Å². The Morgan fingerprint density at radius 2 is 2.10 bits per heavy atom. The van der Waals surface area contributed by atoms with Gasteiger partial charge in [-0.1, -0.05) is 36.0 Å². The molecular weight excluding hydrogens is 284 g/mol. The molecule has 0 saturated carbocycles. The number of pyridine rings is 1. The van der Waals surface area contributed by atoms with Gasteiger partial charge in [-0.25, -0.2) is 4.68 Å². The lowest BCUT2D eigenvalue weighted by Crippen LogP contribution is -2.16. The zero-order chi connectivity index (χ0) is 14.5. The molecule has 6 nitrogen and oxygen atoms in total. The van der Waals surface area contributed by atoms with Crippen molar-refractivity contribution >= 4 is 22.7 Å². The number of hydrogen-bond donors (Lipinski definition) is 1. The highest BCUT2D eigenvalue weighted by molar-refractivity contribution is 7.98. The third kappa shape index (κ3) is 3.37. The van der Waals surface area contributed by atoms with Crippen LogP contribution in [0.5, 0.6) is 0 Å². The standard InChI is InChI=1S/C14H16N6S/c1-15-8-9-20-14(17-18-19-20)21-10-12-7-6-11-4-2-3-5-13(11)16-12/h2-7,15H,8-10H2,1H3. The van der Waals surface area contributed by atoms with E-state index in [1.165, 1.54) is 0 Å². The van der Waals surface area contributed by atoms with Gasteiger partial charge < -0.3 is 5.32 Å². The second-order valence-corrected chi connectivity index (χ2v) is 5.51. The van der Waals surface area contributed by atoms with E-state index in [4.69, 9.17) is 0 Å². The highest BCUT2D eigenvalue weighted by Crippen LogP contribution is 2.20. The van der Waals surface area contributed by atoms with Crippen LogP contribution in [-0.2, 0) is 12.3 Å². The number of tetrazole rings is 1. The average molecular weight is 300 g/mol. The van der Waals surface area contributed by atoms with Crippen LogP contribution >= 0.6 is 11.8 Å². The predicted molar refractivity (Wildman–Crippen MR) is 83.0 cm³/mol. The van der Waals surface area contributed by atoms with Crippen LogP contribution in [0.25, 0.3) is 10.9 Å². The molecule has 0 aliphatic rings. The first-order chi connectivity index (χ1) is 10.4. The van der Waals surface area contributed by atoms with Crippen LogP contribution in [0.4, 0.5) is 0 Å². The SMILES string of the molecule is CNCCn1nnnc1SCc1ccc2ccccc2n1. The molecule has 0 aliphatic heterocycles. The van der Waals surface area contributed by atoms with Crippen molar-refractivity contribution in [2.45, 2.75) is 17.5 Å². The molecule has 3 aromatic rings. The van der Waals surface area contributed by atoms with E-state index in [0.29, 0.717) is 0 Å². The molecule has 0 radical (unpaired) electrons. The Bertz CT molecular complexity index is 726. The van der Waals surface area contributed by atoms with Crippen molar-refractivity contribution in [1.29, 1.82) is 0 Å². The van der Waals surface area contributed by atoms with Crippen LogP contribution < -0.4 is 5.32 Å². The van der Waals surface area contributed by atoms with E-state index >= 15 is 0 Å². The summed E-state index contributed by atoms with van der Waals surface area (Å²) in [5.41, 5.74) is 2.05. The van der Waals surface area contributed by atoms with Gasteiger partial charge in [0, 0.05) is 17.7 Å². The molecule has 108 valence electrons. The van der Waals surface area contributed by atoms with Crippen molar-refractivity contribution in [2.24, 2.45) is 0 Å². The summed E-state index contributed by atoms with van der Waals surface area (Å²) in [5.74, 6) is 0.755. The zero-order valence-corrected chi connectivity index (χ0v) is 12.5. The molecule has 1 N–H and O–H groups in total. The minimum atomic E-state index is 0.755. The molecule has 7 heteroatoms. The van der Waals surface area contributed by atoms with Crippen molar-refractivity contribution < 1.29 is 0 Å². The maximum absolute atomic E-state index is 4.66. The summed E-state index contributed by atoms with van der Waals surface area (Å²) in [6, 6.07) is 12.3. The fraction of sp³-hybridized carbons (Fsp3) is 0.286. The van der Waals surface area contributed by atoms with E-state index in [-0.39, 0.29) is 0 Å². The van der Waals surface area contributed by atoms with Gasteiger partial charge in [-0.15, -0.1) is 5.10 Å². The number of nitrogens with zero attached hydrogens (tertiary/aromatic N) is 5. The summed E-state index contributed by atoms with van der Waals surface area (Å²) in [5, 5.41) is 16.8. The van der Waals surface area contributed by atoms with Crippen LogP contribution in [0.2, 0.25) is 0 Å². The first-order valence-electron chi connectivity index (χ1n) is 6.75. The van der Waals surface area contributed by atoms with Gasteiger partial charge in [-0.2, -0.15) is 0 Å². The first kappa shape index (κ1) is 14.0. The van der Waals surface area contributed by atoms with Crippen LogP contribution in [-0.4, -0.2) is 38.8 Å². The lowest BCUT2D eigenvalue weighted by molar-refractivity contribution is 0.530. The van der Waals surface area contributed by atoms with E-state index in [1.54, 1.807) is 11.8 Å². The van der Waals surface area contributed by atoms with Gasteiger partial charge in [0.2, 0.25) is 5.16 Å². The number of nitrogens with one attached hydrogen (secondary N) is 1. The molecule has 0 unspecified atom stereocenters. The minimum Gasteiger partial charge on any atom is -0.318 e. The Kier molecular flexibility index (Phi) is 4.42. The van der Waals surface area contributed by atoms with E-state index in [0.717, 1.165) is 40.6 Å². The van der Waals surface area contributed by atoms with Crippen LogP contribution in [0, 0.1) is 0 Å². The Labute approximate surface area is 127 Å². The van der Waals surface area contributed by atoms with Gasteiger partial charge in [0.05, 0.1) is 17.8 Å². The molecule has 0 bridgehead atoms. The monoisotopic (exact) mass is 300 g/mol. The Balaban J connectivity index is 1.70. The van der Waals surface area contributed by atoms with Gasteiger partial charge in [0.15, 0.2) is 0 Å². The van der Waals surface area contributed by atoms with Crippen molar-refractivity contribution in [3.63, 3.8) is 0 Å². The number of fused-ring (bicyclic) bond motifs is 1. The maximum atomic E-state index is 4.66. The largest absolute Gasteiger partial charge is 0.318 e. The molecule has 1 aromatic carbocycles. The number of hydrogen-bond acceptors (Lipinski definition) is 6. The minimum absolute atomic E-state index is 0.755. The van der Waals surface area contributed by atoms with Crippen LogP contribution in [0.3, 0.4) is 0 Å². The fourth-order valence-electron chi connectivity index (χ4n) is 1.98. The lowest BCUT2D eigenvalue weighted by Gasteiger charge is -2.04. The fourth-order valence-corrected chi connectivity index (χ4v) is 2.79. The van der Waals surface area contributed by atoms with Gasteiger partial charge in [0.25, 0.3) is 0 Å². The van der Waals surface area contributed by atoms with Gasteiger partial charge >= 0.3 is 0 Å². The Hall–Kier alpha value is -1.99. The van der Waals surface area contributed by atoms with Gasteiger partial charge in [-0.05, 0) is 29.6 Å². The third-order valence-corrected chi connectivity index (χ3v) is 4.07. The molecule has 0 aliphatic carbocycles. The zero-order valence-electron chi connectivity index (χ0n) is 11.7. The van der Waals surface area contributed by atoms with Crippen molar-refractivity contribution in [1.82, 2.24) is 30.5 Å². The summed E-state index contributed by atoms with van der Waals surface area (Å²) in [6.45, 7) is 1.60. The highest BCUT2D eigenvalue weighted by Gasteiger charge is 2.07. The summed E-state index contributed by atoms with van der Waals surface area (Å²) in [7, 11) is 1.91. The van der Waals surface area contributed by atoms with Crippen molar-refractivity contribution in [3.05, 3.63) is 42.1 Å². The molecule has 2 aromatic heterocycles. The van der Waals surface area contributed by atoms with Crippen LogP contribution in [0.15, 0.2) is 41.6 Å². The van der Waals surface area contributed by atoms with E-state index in [9.17, 15) is 0 Å². The number of thioether (sulfide) groups is 1. The Morgan fingerprint density at radius 1 is 1.19 bits per heavy atom. The van der Waals surface area contributed by atoms with Gasteiger partial charge in [0.1, 0.15) is 0 Å². The van der Waals surface area contributed by atoms with E-state index in [1.807, 2.05) is 29.9 Å². The molecule has 3 rings (SSSR count). The summed E-state index contributed by atoms with van der Waals surface area (Å²) >= 11 is 1.60. The molecule has 0 fully saturated rings. The molecule has 0 spiro atoms. The quantitative estimate of drug-likeness (QED) is 0.699. The van der Waals surface area contributed by atoms with Crippen molar-refractivity contribution in [2.75, 3.05) is 13.6 Å². The molecule has 0 amide bonds. The van der Waals surface area contributed by atoms with E-state index in [2.05, 4.69) is 44.0 Å². The Morgan fingerprint density at radius 3 is 3.00 bits per heavy atom. The lowest BCUT2D eigenvalue weighted by atomic mass is 10.2. The molecule has 21 heavy (non-hydrogen) atoms. The molecule has 2 heterocycles. The predicted octanol–water partition coefficient (Wildman–Crippen LogP) is 1.73. The molecule has 0 saturated heterocycles. The topological polar surface area (TPSA) is 68.5 Å². The smallest absolute Gasteiger partial charge is 0.209 e. The number of likely N-dealkylation sites (N-methyl/N-ethyl adjacent to an activating group) is 1. The van der Waals surface area contributed by atoms with Gasteiger partial charge in [-0.3, -0.25) is 4.98 Å². The van der Waals surface area contributed by atoms with E-state index < -0.39 is 0 Å². The first-order valence-corrected chi connectivity index (χ1v) is 7.73. The second-order valence-electron chi connectivity index (χ2n) is 4.57. The van der Waals surface area contributed by atoms with Crippen molar-refractivity contribution in [3.8, 4) is 0 Å². The summed E-state index contributed by atoms with van der Waals surface area (Å²) in [4.78, 5) is 4.66. The maximum Gasteiger partial charge on any atom is 0.209 e. The highest BCUT2D eigenvalue weighted by atomic mass is 32.2. The normalized spacial score (nSPS) is 11.1. The average Bonchev–Trinajstić information content (AvgIpc) is 2.98. The third-order valence-electron chi connectivity index (χ3n) is 3.08. The second kappa shape index (κ2) is 6.64. The summed E-state index contributed by atoms with van der Waals surface area (Å²) < 4.78 is 1.81. The number of benzene rings is 1. The number of rotatable bonds is 6.